The number of hydrogen-bond donors (Lipinski definition) is 3. The molecular weight excluding hydrogens is 408 g/mol. The Morgan fingerprint density at radius 1 is 0.848 bits per heavy atom. The van der Waals surface area contributed by atoms with Crippen LogP contribution in [0.2, 0.25) is 0 Å². The van der Waals surface area contributed by atoms with Gasteiger partial charge in [-0.3, -0.25) is 0 Å². The van der Waals surface area contributed by atoms with Gasteiger partial charge in [-0.05, 0) is 78.8 Å². The molecule has 0 saturated heterocycles. The zero-order valence-corrected chi connectivity index (χ0v) is 21.0. The highest BCUT2D eigenvalue weighted by atomic mass is 16.5. The van der Waals surface area contributed by atoms with Crippen LogP contribution in [-0.2, 0) is 5.41 Å². The van der Waals surface area contributed by atoms with Crippen molar-refractivity contribution in [2.24, 2.45) is 5.92 Å². The highest BCUT2D eigenvalue weighted by molar-refractivity contribution is 5.76. The van der Waals surface area contributed by atoms with Gasteiger partial charge in [0.25, 0.3) is 0 Å². The van der Waals surface area contributed by atoms with Crippen molar-refractivity contribution >= 4 is 17.1 Å². The summed E-state index contributed by atoms with van der Waals surface area (Å²) in [5, 5.41) is 18.0. The van der Waals surface area contributed by atoms with Gasteiger partial charge >= 0.3 is 0 Å². The van der Waals surface area contributed by atoms with E-state index in [0.717, 1.165) is 45.9 Å². The van der Waals surface area contributed by atoms with E-state index < -0.39 is 0 Å². The van der Waals surface area contributed by atoms with Crippen LogP contribution in [0.3, 0.4) is 0 Å². The number of benzene rings is 3. The number of nitrogens with one attached hydrogen (secondary N) is 2. The van der Waals surface area contributed by atoms with E-state index in [0.29, 0.717) is 17.7 Å². The predicted molar refractivity (Wildman–Crippen MR) is 141 cm³/mol. The molecule has 0 bridgehead atoms. The largest absolute Gasteiger partial charge is 0.507 e. The molecule has 0 spiro atoms. The van der Waals surface area contributed by atoms with Crippen LogP contribution < -0.4 is 15.4 Å². The minimum absolute atomic E-state index is 0.192. The molecule has 0 fully saturated rings. The van der Waals surface area contributed by atoms with Gasteiger partial charge in [-0.25, -0.2) is 0 Å². The Kier molecular flexibility index (Phi) is 7.57. The van der Waals surface area contributed by atoms with Crippen molar-refractivity contribution < 1.29 is 9.84 Å². The van der Waals surface area contributed by atoms with Crippen molar-refractivity contribution in [2.45, 2.75) is 59.4 Å². The zero-order valence-electron chi connectivity index (χ0n) is 21.0. The fourth-order valence-corrected chi connectivity index (χ4v) is 4.12. The molecule has 3 N–H and O–H groups in total. The van der Waals surface area contributed by atoms with Gasteiger partial charge in [0.1, 0.15) is 11.5 Å². The Labute approximate surface area is 199 Å². The van der Waals surface area contributed by atoms with Gasteiger partial charge < -0.3 is 20.5 Å². The molecule has 3 rings (SSSR count). The van der Waals surface area contributed by atoms with E-state index in [1.165, 1.54) is 0 Å². The summed E-state index contributed by atoms with van der Waals surface area (Å²) < 4.78 is 5.49. The second-order valence-electron chi connectivity index (χ2n) is 10.3. The Morgan fingerprint density at radius 3 is 1.91 bits per heavy atom. The predicted octanol–water partition coefficient (Wildman–Crippen LogP) is 7.96. The number of phenols is 1. The molecule has 0 amide bonds. The van der Waals surface area contributed by atoms with E-state index >= 15 is 0 Å². The molecule has 0 radical (unpaired) electrons. The summed E-state index contributed by atoms with van der Waals surface area (Å²) in [7, 11) is 1.65. The van der Waals surface area contributed by atoms with Gasteiger partial charge in [0, 0.05) is 34.2 Å². The molecule has 0 aliphatic heterocycles. The smallest absolute Gasteiger partial charge is 0.127 e. The third kappa shape index (κ3) is 6.44. The fourth-order valence-electron chi connectivity index (χ4n) is 4.12. The summed E-state index contributed by atoms with van der Waals surface area (Å²) >= 11 is 0. The lowest BCUT2D eigenvalue weighted by Gasteiger charge is -2.23. The lowest BCUT2D eigenvalue weighted by molar-refractivity contribution is 0.406. The summed E-state index contributed by atoms with van der Waals surface area (Å²) in [6, 6.07) is 20.7. The molecule has 1 unspecified atom stereocenters. The maximum atomic E-state index is 11.0. The first-order valence-electron chi connectivity index (χ1n) is 11.7. The number of ether oxygens (including phenoxy) is 1. The van der Waals surface area contributed by atoms with E-state index in [1.54, 1.807) is 7.11 Å². The average molecular weight is 447 g/mol. The molecule has 3 aromatic carbocycles. The molecule has 0 aromatic heterocycles. The van der Waals surface area contributed by atoms with Crippen molar-refractivity contribution in [3.63, 3.8) is 0 Å². The van der Waals surface area contributed by atoms with Crippen molar-refractivity contribution in [1.29, 1.82) is 0 Å². The number of phenolic OH excluding ortho intramolecular Hbond substituents is 1. The van der Waals surface area contributed by atoms with E-state index in [9.17, 15) is 5.11 Å². The normalized spacial score (nSPS) is 12.5. The first kappa shape index (κ1) is 24.5. The molecule has 0 aliphatic carbocycles. The first-order valence-corrected chi connectivity index (χ1v) is 11.7. The quantitative estimate of drug-likeness (QED) is 0.328. The van der Waals surface area contributed by atoms with Crippen LogP contribution in [0.5, 0.6) is 11.5 Å². The van der Waals surface area contributed by atoms with Crippen LogP contribution >= 0.6 is 0 Å². The van der Waals surface area contributed by atoms with Crippen molar-refractivity contribution in [2.75, 3.05) is 17.7 Å². The second kappa shape index (κ2) is 10.2. The maximum Gasteiger partial charge on any atom is 0.127 e. The summed E-state index contributed by atoms with van der Waals surface area (Å²) in [6.07, 6.45) is 1.15. The minimum atomic E-state index is -0.192. The fraction of sp³-hybridized carbons (Fsp3) is 0.379. The first-order chi connectivity index (χ1) is 15.6. The molecule has 176 valence electrons. The Hall–Kier alpha value is -3.14. The van der Waals surface area contributed by atoms with Gasteiger partial charge in [-0.1, -0.05) is 46.8 Å². The Balaban J connectivity index is 1.75. The van der Waals surface area contributed by atoms with Crippen molar-refractivity contribution in [3.05, 3.63) is 66.2 Å². The average Bonchev–Trinajstić information content (AvgIpc) is 2.74. The lowest BCUT2D eigenvalue weighted by Crippen LogP contribution is -2.17. The van der Waals surface area contributed by atoms with Crippen LogP contribution in [0, 0.1) is 5.92 Å². The highest BCUT2D eigenvalue weighted by Gasteiger charge is 2.22. The van der Waals surface area contributed by atoms with Crippen LogP contribution in [0.15, 0.2) is 60.7 Å². The standard InChI is InChI=1S/C29H38N2O2/c1-19(2)16-20(3)30-22-12-14-24(15-13-22)31-23-10-8-21(9-11-23)26-17-25(33-7)18-27(28(26)32)29(4,5)6/h8-15,17-20,30-32H,16H2,1-7H3. The third-order valence-corrected chi connectivity index (χ3v) is 5.73. The van der Waals surface area contributed by atoms with Gasteiger partial charge in [0.2, 0.25) is 0 Å². The number of rotatable bonds is 8. The lowest BCUT2D eigenvalue weighted by atomic mass is 9.84. The number of anilines is 3. The molecular formula is C29H38N2O2. The summed E-state index contributed by atoms with van der Waals surface area (Å²) in [5.74, 6) is 1.72. The summed E-state index contributed by atoms with van der Waals surface area (Å²) in [6.45, 7) is 13.0. The van der Waals surface area contributed by atoms with Gasteiger partial charge in [0.05, 0.1) is 7.11 Å². The summed E-state index contributed by atoms with van der Waals surface area (Å²) in [4.78, 5) is 0. The molecule has 1 atom stereocenters. The third-order valence-electron chi connectivity index (χ3n) is 5.73. The molecule has 0 heterocycles. The molecule has 0 saturated carbocycles. The van der Waals surface area contributed by atoms with Crippen LogP contribution in [0.25, 0.3) is 11.1 Å². The van der Waals surface area contributed by atoms with Gasteiger partial charge in [0.15, 0.2) is 0 Å². The molecule has 4 nitrogen and oxygen atoms in total. The molecule has 0 aliphatic rings. The van der Waals surface area contributed by atoms with E-state index in [4.69, 9.17) is 4.74 Å². The van der Waals surface area contributed by atoms with Gasteiger partial charge in [-0.2, -0.15) is 0 Å². The molecule has 3 aromatic rings. The number of aromatic hydroxyl groups is 1. The zero-order chi connectivity index (χ0) is 24.2. The van der Waals surface area contributed by atoms with E-state index in [1.807, 2.05) is 36.4 Å². The van der Waals surface area contributed by atoms with Crippen molar-refractivity contribution in [3.8, 4) is 22.6 Å². The van der Waals surface area contributed by atoms with Gasteiger partial charge in [-0.15, -0.1) is 0 Å². The molecule has 33 heavy (non-hydrogen) atoms. The topological polar surface area (TPSA) is 53.5 Å². The monoisotopic (exact) mass is 446 g/mol. The summed E-state index contributed by atoms with van der Waals surface area (Å²) in [5.41, 5.74) is 5.55. The number of methoxy groups -OCH3 is 1. The SMILES string of the molecule is COc1cc(-c2ccc(Nc3ccc(NC(C)CC(C)C)cc3)cc2)c(O)c(C(C)(C)C)c1. The van der Waals surface area contributed by atoms with Crippen LogP contribution in [0.4, 0.5) is 17.1 Å². The van der Waals surface area contributed by atoms with Crippen LogP contribution in [-0.4, -0.2) is 18.3 Å². The minimum Gasteiger partial charge on any atom is -0.507 e. The van der Waals surface area contributed by atoms with Crippen LogP contribution in [0.1, 0.15) is 53.5 Å². The maximum absolute atomic E-state index is 11.0. The van der Waals surface area contributed by atoms with E-state index in [-0.39, 0.29) is 5.41 Å². The van der Waals surface area contributed by atoms with E-state index in [2.05, 4.69) is 76.4 Å². The second-order valence-corrected chi connectivity index (χ2v) is 10.3. The number of hydrogen-bond acceptors (Lipinski definition) is 4. The molecule has 4 heteroatoms. The Morgan fingerprint density at radius 2 is 1.39 bits per heavy atom. The Bertz CT molecular complexity index is 1050. The van der Waals surface area contributed by atoms with Crippen molar-refractivity contribution in [1.82, 2.24) is 0 Å². The highest BCUT2D eigenvalue weighted by Crippen LogP contribution is 2.41.